The highest BCUT2D eigenvalue weighted by atomic mass is 32.2. The predicted molar refractivity (Wildman–Crippen MR) is 358 cm³/mol. The van der Waals surface area contributed by atoms with Crippen molar-refractivity contribution in [1.29, 1.82) is 0 Å². The Morgan fingerprint density at radius 2 is 0.588 bits per heavy atom. The van der Waals surface area contributed by atoms with Gasteiger partial charge in [-0.3, -0.25) is 4.55 Å². The minimum atomic E-state index is -4.62. The maximum absolute atomic E-state index is 14.4. The summed E-state index contributed by atoms with van der Waals surface area (Å²) in [5.74, 6) is -0.588. The molecule has 0 saturated heterocycles. The van der Waals surface area contributed by atoms with Crippen molar-refractivity contribution in [2.24, 2.45) is 0 Å². The van der Waals surface area contributed by atoms with Crippen LogP contribution in [0.15, 0.2) is 136 Å². The Morgan fingerprint density at radius 1 is 0.318 bits per heavy atom. The molecule has 1 N–H and O–H groups in total. The summed E-state index contributed by atoms with van der Waals surface area (Å²) < 4.78 is 97.7. The Kier molecular flexibility index (Phi) is 32.4. The van der Waals surface area contributed by atoms with Crippen LogP contribution in [-0.2, 0) is 30.2 Å². The molecule has 472 valence electrons. The van der Waals surface area contributed by atoms with Crippen molar-refractivity contribution in [2.75, 3.05) is 49.1 Å². The standard InChI is InChI=1S/C71H108N4O7S3/c1-7-13-19-23-27-33-55-72(56-34-28-24-20-14-8-2)83(76,77)67-51-47-65(48-52-67)74(59-17-11-5)63-43-39-61(40-44-63)71(69-37-31-32-38-70(69)85(80,81)82)62-41-45-64(46-42-62)75(60-18-12-6)66-49-53-68(54-50-66)84(78,79)73(57-35-29-25-21-15-9-3)58-36-30-26-22-16-10-4/h31-32,37-54,71H,7-30,33-36,55-60H2,1-6H3,(H,80,81,82). The van der Waals surface area contributed by atoms with Gasteiger partial charge in [0, 0.05) is 67.9 Å². The first-order chi connectivity index (χ1) is 41.2. The Labute approximate surface area is 517 Å². The smallest absolute Gasteiger partial charge is 0.294 e. The Hall–Kier alpha value is -4.57. The van der Waals surface area contributed by atoms with Crippen LogP contribution in [0.25, 0.3) is 0 Å². The Balaban J connectivity index is 1.44. The van der Waals surface area contributed by atoms with Gasteiger partial charge in [-0.2, -0.15) is 17.0 Å². The van der Waals surface area contributed by atoms with Crippen LogP contribution in [0.2, 0.25) is 0 Å². The van der Waals surface area contributed by atoms with Crippen molar-refractivity contribution in [3.8, 4) is 0 Å². The summed E-state index contributed by atoms with van der Waals surface area (Å²) in [6.45, 7) is 16.6. The molecule has 0 bridgehead atoms. The zero-order valence-corrected chi connectivity index (χ0v) is 55.5. The number of sulfonamides is 2. The fourth-order valence-corrected chi connectivity index (χ4v) is 15.3. The zero-order chi connectivity index (χ0) is 61.3. The summed E-state index contributed by atoms with van der Waals surface area (Å²) in [7, 11) is -12.1. The number of benzene rings is 5. The number of nitrogens with zero attached hydrogens (tertiary/aromatic N) is 4. The lowest BCUT2D eigenvalue weighted by atomic mass is 9.85. The molecule has 0 unspecified atom stereocenters. The van der Waals surface area contributed by atoms with Crippen LogP contribution in [0.3, 0.4) is 0 Å². The van der Waals surface area contributed by atoms with Crippen molar-refractivity contribution in [2.45, 2.75) is 242 Å². The van der Waals surface area contributed by atoms with E-state index < -0.39 is 36.1 Å². The number of hydrogen-bond donors (Lipinski definition) is 1. The SMILES string of the molecule is CCCCCCCCN(CCCCCCCC)S(=O)(=O)c1ccc(N(CCCC)c2ccc(C(c3ccc(N(CCCC)c4ccc(S(=O)(=O)N(CCCCCCCC)CCCCCCCC)cc4)cc3)c3ccccc3S(=O)(=O)O)cc2)cc1. The number of rotatable bonds is 46. The molecule has 5 aromatic carbocycles. The van der Waals surface area contributed by atoms with E-state index >= 15 is 0 Å². The van der Waals surface area contributed by atoms with Gasteiger partial charge in [0.25, 0.3) is 10.1 Å². The fourth-order valence-electron chi connectivity index (χ4n) is 11.5. The Bertz CT molecular complexity index is 2760. The molecule has 85 heavy (non-hydrogen) atoms. The molecule has 0 fully saturated rings. The first-order valence-electron chi connectivity index (χ1n) is 33.2. The summed E-state index contributed by atoms with van der Waals surface area (Å²) in [6.07, 6.45) is 30.0. The summed E-state index contributed by atoms with van der Waals surface area (Å²) in [4.78, 5) is 4.87. The van der Waals surface area contributed by atoms with Crippen molar-refractivity contribution in [1.82, 2.24) is 8.61 Å². The zero-order valence-electron chi connectivity index (χ0n) is 53.1. The molecule has 0 aliphatic carbocycles. The number of anilines is 4. The van der Waals surface area contributed by atoms with E-state index in [2.05, 4.69) is 51.3 Å². The van der Waals surface area contributed by atoms with Crippen molar-refractivity contribution < 1.29 is 29.8 Å². The van der Waals surface area contributed by atoms with Gasteiger partial charge in [0.15, 0.2) is 0 Å². The monoisotopic (exact) mass is 1220 g/mol. The first kappa shape index (κ1) is 71.2. The Morgan fingerprint density at radius 3 is 0.882 bits per heavy atom. The van der Waals surface area contributed by atoms with Crippen LogP contribution in [0.1, 0.15) is 244 Å². The summed E-state index contributed by atoms with van der Waals surface area (Å²) in [5.41, 5.74) is 5.65. The van der Waals surface area contributed by atoms with E-state index in [0.29, 0.717) is 54.6 Å². The lowest BCUT2D eigenvalue weighted by Gasteiger charge is -2.28. The van der Waals surface area contributed by atoms with Crippen LogP contribution < -0.4 is 9.80 Å². The molecule has 0 heterocycles. The quantitative estimate of drug-likeness (QED) is 0.0229. The second-order valence-electron chi connectivity index (χ2n) is 23.5. The van der Waals surface area contributed by atoms with Gasteiger partial charge in [-0.25, -0.2) is 16.8 Å². The van der Waals surface area contributed by atoms with Gasteiger partial charge in [0.05, 0.1) is 14.7 Å². The van der Waals surface area contributed by atoms with Crippen LogP contribution in [0.4, 0.5) is 22.7 Å². The van der Waals surface area contributed by atoms with Gasteiger partial charge < -0.3 is 9.80 Å². The van der Waals surface area contributed by atoms with Gasteiger partial charge in [0.1, 0.15) is 0 Å². The highest BCUT2D eigenvalue weighted by molar-refractivity contribution is 7.89. The molecule has 0 saturated carbocycles. The largest absolute Gasteiger partial charge is 0.341 e. The highest BCUT2D eigenvalue weighted by Crippen LogP contribution is 2.39. The second-order valence-corrected chi connectivity index (χ2v) is 28.8. The van der Waals surface area contributed by atoms with E-state index in [1.165, 1.54) is 83.1 Å². The van der Waals surface area contributed by atoms with E-state index in [0.717, 1.165) is 137 Å². The summed E-state index contributed by atoms with van der Waals surface area (Å²) >= 11 is 0. The normalized spacial score (nSPS) is 12.3. The van der Waals surface area contributed by atoms with E-state index in [4.69, 9.17) is 0 Å². The molecule has 14 heteroatoms. The lowest BCUT2D eigenvalue weighted by molar-refractivity contribution is 0.383. The van der Waals surface area contributed by atoms with Gasteiger partial charge in [0.2, 0.25) is 20.0 Å². The van der Waals surface area contributed by atoms with E-state index in [1.54, 1.807) is 51.1 Å². The molecule has 11 nitrogen and oxygen atoms in total. The molecule has 0 atom stereocenters. The lowest BCUT2D eigenvalue weighted by Crippen LogP contribution is -2.33. The van der Waals surface area contributed by atoms with Gasteiger partial charge in [-0.1, -0.05) is 225 Å². The predicted octanol–water partition coefficient (Wildman–Crippen LogP) is 19.4. The van der Waals surface area contributed by atoms with E-state index in [1.807, 2.05) is 72.8 Å². The van der Waals surface area contributed by atoms with Crippen molar-refractivity contribution in [3.63, 3.8) is 0 Å². The molecule has 5 rings (SSSR count). The van der Waals surface area contributed by atoms with Gasteiger partial charge in [-0.15, -0.1) is 0 Å². The minimum Gasteiger partial charge on any atom is -0.341 e. The second kappa shape index (κ2) is 38.7. The maximum atomic E-state index is 14.4. The topological polar surface area (TPSA) is 136 Å². The molecule has 0 aliphatic rings. The molecule has 0 aromatic heterocycles. The average Bonchev–Trinajstić information content (AvgIpc) is 3.69. The molecule has 5 aromatic rings. The molecular weight excluding hydrogens is 1120 g/mol. The van der Waals surface area contributed by atoms with Crippen LogP contribution >= 0.6 is 0 Å². The third-order valence-corrected chi connectivity index (χ3v) is 21.4. The van der Waals surface area contributed by atoms with Gasteiger partial charge in [-0.05, 0) is 134 Å². The van der Waals surface area contributed by atoms with Gasteiger partial charge >= 0.3 is 0 Å². The van der Waals surface area contributed by atoms with E-state index in [-0.39, 0.29) is 4.90 Å². The fraction of sp³-hybridized carbons (Fsp3) is 0.577. The molecule has 0 amide bonds. The number of hydrogen-bond acceptors (Lipinski definition) is 8. The van der Waals surface area contributed by atoms with E-state index in [9.17, 15) is 29.8 Å². The summed E-state index contributed by atoms with van der Waals surface area (Å²) in [5, 5.41) is 0. The molecular formula is C71H108N4O7S3. The summed E-state index contributed by atoms with van der Waals surface area (Å²) in [6, 6.07) is 37.5. The first-order valence-corrected chi connectivity index (χ1v) is 37.5. The van der Waals surface area contributed by atoms with Crippen molar-refractivity contribution >= 4 is 52.9 Å². The molecule has 0 spiro atoms. The van der Waals surface area contributed by atoms with Crippen LogP contribution in [-0.4, -0.2) is 77.7 Å². The van der Waals surface area contributed by atoms with Crippen molar-refractivity contribution in [3.05, 3.63) is 138 Å². The molecule has 0 aliphatic heterocycles. The van der Waals surface area contributed by atoms with Crippen LogP contribution in [0, 0.1) is 0 Å². The van der Waals surface area contributed by atoms with Crippen LogP contribution in [0.5, 0.6) is 0 Å². The number of unbranched alkanes of at least 4 members (excludes halogenated alkanes) is 22. The average molecular weight is 1230 g/mol. The molecule has 0 radical (unpaired) electrons. The minimum absolute atomic E-state index is 0.164. The highest BCUT2D eigenvalue weighted by Gasteiger charge is 2.28. The maximum Gasteiger partial charge on any atom is 0.294 e. The third kappa shape index (κ3) is 22.8. The third-order valence-electron chi connectivity index (χ3n) is 16.7.